The van der Waals surface area contributed by atoms with Crippen molar-refractivity contribution in [3.8, 4) is 0 Å². The van der Waals surface area contributed by atoms with Crippen molar-refractivity contribution < 1.29 is 0 Å². The molecule has 2 heteroatoms. The van der Waals surface area contributed by atoms with Gasteiger partial charge in [0.05, 0.1) is 0 Å². The van der Waals surface area contributed by atoms with Gasteiger partial charge in [0.1, 0.15) is 0 Å². The second-order valence-corrected chi connectivity index (χ2v) is 4.06. The second kappa shape index (κ2) is 6.06. The third kappa shape index (κ3) is 3.83. The van der Waals surface area contributed by atoms with Crippen LogP contribution in [0.1, 0.15) is 18.5 Å². The van der Waals surface area contributed by atoms with Gasteiger partial charge in [0.25, 0.3) is 0 Å². The number of hydrogen-bond donors (Lipinski definition) is 1. The average molecular weight is 195 g/mol. The van der Waals surface area contributed by atoms with E-state index in [2.05, 4.69) is 48.8 Å². The molecule has 0 saturated carbocycles. The van der Waals surface area contributed by atoms with Crippen molar-refractivity contribution in [3.63, 3.8) is 0 Å². The Bertz CT molecular complexity index is 223. The Balaban J connectivity index is 2.35. The highest BCUT2D eigenvalue weighted by atomic mass is 32.2. The molecule has 0 aliphatic rings. The summed E-state index contributed by atoms with van der Waals surface area (Å²) in [5.74, 6) is 1.18. The molecule has 1 aromatic rings. The van der Waals surface area contributed by atoms with E-state index < -0.39 is 0 Å². The number of nitrogens with one attached hydrogen (secondary N) is 1. The number of benzene rings is 1. The van der Waals surface area contributed by atoms with E-state index in [9.17, 15) is 0 Å². The van der Waals surface area contributed by atoms with Crippen LogP contribution in [0.4, 0.5) is 0 Å². The minimum Gasteiger partial charge on any atom is -0.309 e. The molecule has 0 unspecified atom stereocenters. The van der Waals surface area contributed by atoms with Crippen LogP contribution in [0.15, 0.2) is 30.3 Å². The highest BCUT2D eigenvalue weighted by molar-refractivity contribution is 7.98. The molecule has 13 heavy (non-hydrogen) atoms. The molecule has 1 nitrogen and oxygen atoms in total. The normalized spacial score (nSPS) is 12.8. The molecule has 72 valence electrons. The SMILES string of the molecule is CSCCN[C@H](C)c1ccccc1. The van der Waals surface area contributed by atoms with E-state index in [0.717, 1.165) is 6.54 Å². The van der Waals surface area contributed by atoms with E-state index >= 15 is 0 Å². The van der Waals surface area contributed by atoms with Crippen LogP contribution in [0.25, 0.3) is 0 Å². The van der Waals surface area contributed by atoms with Crippen molar-refractivity contribution in [2.24, 2.45) is 0 Å². The molecule has 0 heterocycles. The Kier molecular flexibility index (Phi) is 4.94. The molecule has 0 radical (unpaired) electrons. The maximum atomic E-state index is 3.48. The van der Waals surface area contributed by atoms with Crippen LogP contribution >= 0.6 is 11.8 Å². The summed E-state index contributed by atoms with van der Waals surface area (Å²) in [6.45, 7) is 3.28. The van der Waals surface area contributed by atoms with Gasteiger partial charge in [-0.05, 0) is 18.7 Å². The quantitative estimate of drug-likeness (QED) is 0.725. The lowest BCUT2D eigenvalue weighted by atomic mass is 10.1. The fraction of sp³-hybridized carbons (Fsp3) is 0.455. The van der Waals surface area contributed by atoms with Gasteiger partial charge in [-0.3, -0.25) is 0 Å². The third-order valence-electron chi connectivity index (χ3n) is 2.06. The fourth-order valence-electron chi connectivity index (χ4n) is 1.24. The number of hydrogen-bond acceptors (Lipinski definition) is 2. The Morgan fingerprint density at radius 2 is 2.00 bits per heavy atom. The van der Waals surface area contributed by atoms with Gasteiger partial charge in [0.2, 0.25) is 0 Å². The van der Waals surface area contributed by atoms with Crippen molar-refractivity contribution in [2.75, 3.05) is 18.6 Å². The molecule has 1 aromatic carbocycles. The summed E-state index contributed by atoms with van der Waals surface area (Å²) in [6.07, 6.45) is 2.13. The summed E-state index contributed by atoms with van der Waals surface area (Å²) in [5, 5.41) is 3.48. The minimum atomic E-state index is 0.466. The average Bonchev–Trinajstić information content (AvgIpc) is 2.19. The molecule has 0 fully saturated rings. The maximum absolute atomic E-state index is 3.48. The van der Waals surface area contributed by atoms with Gasteiger partial charge >= 0.3 is 0 Å². The highest BCUT2D eigenvalue weighted by Gasteiger charge is 2.01. The van der Waals surface area contributed by atoms with E-state index in [1.54, 1.807) is 0 Å². The van der Waals surface area contributed by atoms with E-state index in [4.69, 9.17) is 0 Å². The van der Waals surface area contributed by atoms with E-state index in [-0.39, 0.29) is 0 Å². The van der Waals surface area contributed by atoms with Crippen LogP contribution in [0.2, 0.25) is 0 Å². The lowest BCUT2D eigenvalue weighted by Gasteiger charge is -2.13. The van der Waals surface area contributed by atoms with Crippen molar-refractivity contribution in [1.82, 2.24) is 5.32 Å². The van der Waals surface area contributed by atoms with Gasteiger partial charge < -0.3 is 5.32 Å². The highest BCUT2D eigenvalue weighted by Crippen LogP contribution is 2.10. The summed E-state index contributed by atoms with van der Waals surface area (Å²) >= 11 is 1.88. The van der Waals surface area contributed by atoms with E-state index in [1.165, 1.54) is 11.3 Å². The Labute approximate surface area is 84.9 Å². The molecule has 1 N–H and O–H groups in total. The minimum absolute atomic E-state index is 0.466. The largest absolute Gasteiger partial charge is 0.309 e. The Morgan fingerprint density at radius 3 is 2.62 bits per heavy atom. The van der Waals surface area contributed by atoms with Gasteiger partial charge in [0, 0.05) is 18.3 Å². The Morgan fingerprint density at radius 1 is 1.31 bits per heavy atom. The van der Waals surface area contributed by atoms with Crippen molar-refractivity contribution in [1.29, 1.82) is 0 Å². The summed E-state index contributed by atoms with van der Waals surface area (Å²) in [4.78, 5) is 0. The monoisotopic (exact) mass is 195 g/mol. The van der Waals surface area contributed by atoms with Crippen molar-refractivity contribution in [3.05, 3.63) is 35.9 Å². The zero-order valence-corrected chi connectivity index (χ0v) is 9.10. The predicted octanol–water partition coefficient (Wildman–Crippen LogP) is 2.70. The summed E-state index contributed by atoms with van der Waals surface area (Å²) in [6, 6.07) is 11.0. The van der Waals surface area contributed by atoms with Gasteiger partial charge in [0.15, 0.2) is 0 Å². The third-order valence-corrected chi connectivity index (χ3v) is 2.67. The van der Waals surface area contributed by atoms with Gasteiger partial charge in [-0.1, -0.05) is 30.3 Å². The molecule has 0 aromatic heterocycles. The molecular weight excluding hydrogens is 178 g/mol. The first kappa shape index (κ1) is 10.6. The van der Waals surface area contributed by atoms with Crippen molar-refractivity contribution in [2.45, 2.75) is 13.0 Å². The lowest BCUT2D eigenvalue weighted by Crippen LogP contribution is -2.21. The summed E-state index contributed by atoms with van der Waals surface area (Å²) < 4.78 is 0. The van der Waals surface area contributed by atoms with Crippen LogP contribution in [0.3, 0.4) is 0 Å². The first-order valence-corrected chi connectivity index (χ1v) is 6.01. The molecule has 0 amide bonds. The smallest absolute Gasteiger partial charge is 0.0292 e. The lowest BCUT2D eigenvalue weighted by molar-refractivity contribution is 0.601. The molecule has 0 aliphatic carbocycles. The second-order valence-electron chi connectivity index (χ2n) is 3.08. The standard InChI is InChI=1S/C11H17NS/c1-10(12-8-9-13-2)11-6-4-3-5-7-11/h3-7,10,12H,8-9H2,1-2H3/t10-/m1/s1. The van der Waals surface area contributed by atoms with Crippen molar-refractivity contribution >= 4 is 11.8 Å². The van der Waals surface area contributed by atoms with Crippen LogP contribution in [0, 0.1) is 0 Å². The Hall–Kier alpha value is -0.470. The predicted molar refractivity (Wildman–Crippen MR) is 61.2 cm³/mol. The molecule has 0 spiro atoms. The van der Waals surface area contributed by atoms with Crippen LogP contribution in [-0.2, 0) is 0 Å². The topological polar surface area (TPSA) is 12.0 Å². The first-order chi connectivity index (χ1) is 6.34. The number of thioether (sulfide) groups is 1. The summed E-state index contributed by atoms with van der Waals surface area (Å²) in [7, 11) is 0. The van der Waals surface area contributed by atoms with Gasteiger partial charge in [-0.25, -0.2) is 0 Å². The number of rotatable bonds is 5. The molecule has 1 rings (SSSR count). The molecule has 1 atom stereocenters. The molecular formula is C11H17NS. The van der Waals surface area contributed by atoms with Crippen LogP contribution in [-0.4, -0.2) is 18.6 Å². The molecule has 0 aliphatic heterocycles. The zero-order valence-electron chi connectivity index (χ0n) is 8.29. The summed E-state index contributed by atoms with van der Waals surface area (Å²) in [5.41, 5.74) is 1.36. The van der Waals surface area contributed by atoms with Gasteiger partial charge in [-0.15, -0.1) is 0 Å². The zero-order chi connectivity index (χ0) is 9.52. The van der Waals surface area contributed by atoms with Crippen LogP contribution in [0.5, 0.6) is 0 Å². The molecule has 0 saturated heterocycles. The maximum Gasteiger partial charge on any atom is 0.0292 e. The van der Waals surface area contributed by atoms with Gasteiger partial charge in [-0.2, -0.15) is 11.8 Å². The molecule has 0 bridgehead atoms. The van der Waals surface area contributed by atoms with E-state index in [0.29, 0.717) is 6.04 Å². The fourth-order valence-corrected chi connectivity index (χ4v) is 1.56. The first-order valence-electron chi connectivity index (χ1n) is 4.62. The van der Waals surface area contributed by atoms with Crippen LogP contribution < -0.4 is 5.32 Å². The van der Waals surface area contributed by atoms with E-state index in [1.807, 2.05) is 11.8 Å².